The number of hydrogen-bond acceptors (Lipinski definition) is 5. The Labute approximate surface area is 174 Å². The van der Waals surface area contributed by atoms with Crippen LogP contribution in [0.15, 0.2) is 24.3 Å². The first-order chi connectivity index (χ1) is 14.4. The van der Waals surface area contributed by atoms with Crippen molar-refractivity contribution in [3.05, 3.63) is 41.2 Å². The number of ether oxygens (including phenoxy) is 2. The topological polar surface area (TPSA) is 77.8 Å². The highest BCUT2D eigenvalue weighted by molar-refractivity contribution is 6.10. The van der Waals surface area contributed by atoms with Crippen molar-refractivity contribution in [3.63, 3.8) is 0 Å². The van der Waals surface area contributed by atoms with Gasteiger partial charge in [0.05, 0.1) is 12.0 Å². The fourth-order valence-electron chi connectivity index (χ4n) is 5.16. The average Bonchev–Trinajstić information content (AvgIpc) is 3.47. The molecule has 2 fully saturated rings. The number of Topliss-reactive ketones (excluding diaryl/α,β-unsaturated/α-hetero) is 1. The molecule has 0 radical (unpaired) electrons. The Morgan fingerprint density at radius 1 is 1.07 bits per heavy atom. The summed E-state index contributed by atoms with van der Waals surface area (Å²) >= 11 is 0. The van der Waals surface area contributed by atoms with Gasteiger partial charge in [-0.15, -0.1) is 0 Å². The molecule has 2 aromatic rings. The Morgan fingerprint density at radius 3 is 2.57 bits per heavy atom. The largest absolute Gasteiger partial charge is 0.454 e. The number of aryl methyl sites for hydroxylation is 1. The molecule has 7 nitrogen and oxygen atoms in total. The quantitative estimate of drug-likeness (QED) is 0.573. The Hall–Kier alpha value is -3.09. The van der Waals surface area contributed by atoms with E-state index in [4.69, 9.17) is 9.47 Å². The molecular weight excluding hydrogens is 384 g/mol. The van der Waals surface area contributed by atoms with Crippen LogP contribution in [0.1, 0.15) is 53.8 Å². The molecule has 7 heteroatoms. The lowest BCUT2D eigenvalue weighted by Crippen LogP contribution is -2.38. The van der Waals surface area contributed by atoms with Crippen molar-refractivity contribution in [2.75, 3.05) is 13.3 Å². The van der Waals surface area contributed by atoms with Crippen LogP contribution in [0.5, 0.6) is 11.5 Å². The second-order valence-electron chi connectivity index (χ2n) is 8.53. The number of rotatable bonds is 4. The number of ketones is 1. The molecule has 3 heterocycles. The molecule has 0 N–H and O–H groups in total. The SMILES string of the molecule is Cc1cc(C(=O)CN2C(=O)CC3(CCCC3)C2=O)c(C)n1-c1ccc2c(c1)OCO2. The van der Waals surface area contributed by atoms with E-state index >= 15 is 0 Å². The number of benzene rings is 1. The fraction of sp³-hybridized carbons (Fsp3) is 0.435. The predicted octanol–water partition coefficient (Wildman–Crippen LogP) is 3.32. The molecule has 1 saturated heterocycles. The number of nitrogens with zero attached hydrogens (tertiary/aromatic N) is 2. The minimum absolute atomic E-state index is 0.164. The Kier molecular flexibility index (Phi) is 4.24. The lowest BCUT2D eigenvalue weighted by Gasteiger charge is -2.20. The molecule has 1 aromatic carbocycles. The maximum absolute atomic E-state index is 13.1. The molecule has 5 rings (SSSR count). The van der Waals surface area contributed by atoms with Gasteiger partial charge < -0.3 is 14.0 Å². The molecule has 30 heavy (non-hydrogen) atoms. The Morgan fingerprint density at radius 2 is 1.80 bits per heavy atom. The van der Waals surface area contributed by atoms with Gasteiger partial charge in [-0.3, -0.25) is 19.3 Å². The third-order valence-corrected chi connectivity index (χ3v) is 6.70. The average molecular weight is 408 g/mol. The van der Waals surface area contributed by atoms with Gasteiger partial charge >= 0.3 is 0 Å². The van der Waals surface area contributed by atoms with Gasteiger partial charge in [0.15, 0.2) is 17.3 Å². The summed E-state index contributed by atoms with van der Waals surface area (Å²) in [5.74, 6) is 0.766. The molecule has 0 unspecified atom stereocenters. The predicted molar refractivity (Wildman–Crippen MR) is 108 cm³/mol. The van der Waals surface area contributed by atoms with Gasteiger partial charge in [-0.2, -0.15) is 0 Å². The molecule has 156 valence electrons. The molecule has 0 bridgehead atoms. The van der Waals surface area contributed by atoms with Crippen molar-refractivity contribution >= 4 is 17.6 Å². The van der Waals surface area contributed by atoms with E-state index in [-0.39, 0.29) is 37.4 Å². The standard InChI is InChI=1S/C23H24N2O5/c1-14-9-17(15(2)25(14)16-5-6-19-20(10-16)30-13-29-19)18(26)12-24-21(27)11-23(22(24)28)7-3-4-8-23/h5-6,9-10H,3-4,7-8,11-13H2,1-2H3. The summed E-state index contributed by atoms with van der Waals surface area (Å²) < 4.78 is 12.8. The maximum Gasteiger partial charge on any atom is 0.236 e. The van der Waals surface area contributed by atoms with Crippen molar-refractivity contribution in [3.8, 4) is 17.2 Å². The van der Waals surface area contributed by atoms with Crippen molar-refractivity contribution in [2.24, 2.45) is 5.41 Å². The van der Waals surface area contributed by atoms with Crippen LogP contribution in [-0.4, -0.2) is 40.4 Å². The Bertz CT molecular complexity index is 1080. The van der Waals surface area contributed by atoms with Gasteiger partial charge in [0.25, 0.3) is 0 Å². The summed E-state index contributed by atoms with van der Waals surface area (Å²) in [5.41, 5.74) is 2.50. The molecule has 2 amide bonds. The minimum Gasteiger partial charge on any atom is -0.454 e. The van der Waals surface area contributed by atoms with E-state index in [0.717, 1.165) is 42.8 Å². The highest BCUT2D eigenvalue weighted by Gasteiger charge is 2.52. The first-order valence-corrected chi connectivity index (χ1v) is 10.4. The smallest absolute Gasteiger partial charge is 0.236 e. The fourth-order valence-corrected chi connectivity index (χ4v) is 5.16. The number of carbonyl (C=O) groups is 3. The number of hydrogen-bond donors (Lipinski definition) is 0. The lowest BCUT2D eigenvalue weighted by atomic mass is 9.84. The number of fused-ring (bicyclic) bond motifs is 1. The molecule has 3 aliphatic rings. The number of aromatic nitrogens is 1. The lowest BCUT2D eigenvalue weighted by molar-refractivity contribution is -0.140. The van der Waals surface area contributed by atoms with E-state index < -0.39 is 5.41 Å². The van der Waals surface area contributed by atoms with Crippen LogP contribution in [-0.2, 0) is 9.59 Å². The summed E-state index contributed by atoms with van der Waals surface area (Å²) in [7, 11) is 0. The van der Waals surface area contributed by atoms with E-state index in [1.807, 2.05) is 42.7 Å². The van der Waals surface area contributed by atoms with Crippen molar-refractivity contribution in [1.29, 1.82) is 0 Å². The second-order valence-corrected chi connectivity index (χ2v) is 8.53. The van der Waals surface area contributed by atoms with Crippen molar-refractivity contribution < 1.29 is 23.9 Å². The molecule has 0 atom stereocenters. The zero-order valence-corrected chi connectivity index (χ0v) is 17.2. The summed E-state index contributed by atoms with van der Waals surface area (Å²) in [6, 6.07) is 7.46. The van der Waals surface area contributed by atoms with Crippen LogP contribution < -0.4 is 9.47 Å². The second kappa shape index (κ2) is 6.72. The normalized spacial score (nSPS) is 19.3. The number of amides is 2. The van der Waals surface area contributed by atoms with Crippen molar-refractivity contribution in [1.82, 2.24) is 9.47 Å². The van der Waals surface area contributed by atoms with E-state index in [9.17, 15) is 14.4 Å². The maximum atomic E-state index is 13.1. The van der Waals surface area contributed by atoms with Gasteiger partial charge in [-0.1, -0.05) is 12.8 Å². The van der Waals surface area contributed by atoms with Crippen LogP contribution in [0.2, 0.25) is 0 Å². The molecule has 1 spiro atoms. The number of likely N-dealkylation sites (tertiary alicyclic amines) is 1. The molecule has 2 aliphatic heterocycles. The summed E-state index contributed by atoms with van der Waals surface area (Å²) in [6.45, 7) is 3.81. The molecule has 1 aliphatic carbocycles. The van der Waals surface area contributed by atoms with Gasteiger partial charge in [0.1, 0.15) is 0 Å². The first kappa shape index (κ1) is 18.9. The highest BCUT2D eigenvalue weighted by Crippen LogP contribution is 2.46. The van der Waals surface area contributed by atoms with Gasteiger partial charge in [0, 0.05) is 35.1 Å². The van der Waals surface area contributed by atoms with Crippen molar-refractivity contribution in [2.45, 2.75) is 46.0 Å². The van der Waals surface area contributed by atoms with Crippen LogP contribution in [0.25, 0.3) is 5.69 Å². The van der Waals surface area contributed by atoms with E-state index in [2.05, 4.69) is 0 Å². The summed E-state index contributed by atoms with van der Waals surface area (Å²) in [6.07, 6.45) is 3.69. The van der Waals surface area contributed by atoms with Gasteiger partial charge in [0.2, 0.25) is 18.6 Å². The van der Waals surface area contributed by atoms with Crippen LogP contribution in [0, 0.1) is 19.3 Å². The van der Waals surface area contributed by atoms with Crippen LogP contribution >= 0.6 is 0 Å². The third-order valence-electron chi connectivity index (χ3n) is 6.70. The minimum atomic E-state index is -0.555. The van der Waals surface area contributed by atoms with E-state index in [0.29, 0.717) is 17.1 Å². The summed E-state index contributed by atoms with van der Waals surface area (Å²) in [4.78, 5) is 39.7. The highest BCUT2D eigenvalue weighted by atomic mass is 16.7. The van der Waals surface area contributed by atoms with Gasteiger partial charge in [-0.25, -0.2) is 0 Å². The number of imide groups is 1. The zero-order valence-electron chi connectivity index (χ0n) is 17.2. The van der Waals surface area contributed by atoms with E-state index in [1.165, 1.54) is 4.90 Å². The van der Waals surface area contributed by atoms with Crippen LogP contribution in [0.3, 0.4) is 0 Å². The molecular formula is C23H24N2O5. The van der Waals surface area contributed by atoms with E-state index in [1.54, 1.807) is 0 Å². The molecule has 1 saturated carbocycles. The zero-order chi connectivity index (χ0) is 21.0. The third kappa shape index (κ3) is 2.75. The first-order valence-electron chi connectivity index (χ1n) is 10.4. The monoisotopic (exact) mass is 408 g/mol. The number of carbonyl (C=O) groups excluding carboxylic acids is 3. The molecule has 1 aromatic heterocycles. The van der Waals surface area contributed by atoms with Crippen LogP contribution in [0.4, 0.5) is 0 Å². The Balaban J connectivity index is 1.41. The van der Waals surface area contributed by atoms with Gasteiger partial charge in [-0.05, 0) is 44.9 Å². The summed E-state index contributed by atoms with van der Waals surface area (Å²) in [5, 5.41) is 0.